The van der Waals surface area contributed by atoms with Gasteiger partial charge in [0.05, 0.1) is 0 Å². The van der Waals surface area contributed by atoms with Crippen LogP contribution in [0.3, 0.4) is 0 Å². The van der Waals surface area contributed by atoms with Crippen LogP contribution in [0.1, 0.15) is 30.6 Å². The lowest BCUT2D eigenvalue weighted by molar-refractivity contribution is -0.115. The molecule has 0 saturated heterocycles. The van der Waals surface area contributed by atoms with Crippen LogP contribution < -0.4 is 5.43 Å². The summed E-state index contributed by atoms with van der Waals surface area (Å²) in [6.45, 7) is 3.19. The second-order valence-corrected chi connectivity index (χ2v) is 3.53. The van der Waals surface area contributed by atoms with Crippen molar-refractivity contribution in [2.45, 2.75) is 20.3 Å². The van der Waals surface area contributed by atoms with E-state index in [0.717, 1.165) is 0 Å². The van der Waals surface area contributed by atoms with Crippen LogP contribution in [-0.4, -0.2) is 17.4 Å². The van der Waals surface area contributed by atoms with Crippen molar-refractivity contribution in [1.29, 1.82) is 0 Å². The quantitative estimate of drug-likeness (QED) is 0.618. The molecule has 1 N–H and O–H groups in total. The van der Waals surface area contributed by atoms with Crippen LogP contribution in [0.15, 0.2) is 35.4 Å². The number of ketones is 1. The van der Waals surface area contributed by atoms with E-state index in [4.69, 9.17) is 0 Å². The Morgan fingerprint density at radius 3 is 2.38 bits per heavy atom. The Morgan fingerprint density at radius 2 is 1.81 bits per heavy atom. The molecule has 0 aliphatic rings. The van der Waals surface area contributed by atoms with E-state index in [1.165, 1.54) is 6.92 Å². The van der Waals surface area contributed by atoms with Crippen molar-refractivity contribution in [3.8, 4) is 0 Å². The number of carbonyl (C=O) groups excluding carboxylic acids is 2. The smallest absolute Gasteiger partial charge is 0.271 e. The van der Waals surface area contributed by atoms with E-state index in [1.54, 1.807) is 31.2 Å². The summed E-state index contributed by atoms with van der Waals surface area (Å²) < 4.78 is 0. The zero-order chi connectivity index (χ0) is 12.0. The molecule has 1 rings (SSSR count). The van der Waals surface area contributed by atoms with Crippen LogP contribution in [0.4, 0.5) is 0 Å². The normalized spacial score (nSPS) is 11.0. The van der Waals surface area contributed by atoms with Crippen LogP contribution in [0.5, 0.6) is 0 Å². The summed E-state index contributed by atoms with van der Waals surface area (Å²) in [7, 11) is 0. The van der Waals surface area contributed by atoms with Gasteiger partial charge in [-0.25, -0.2) is 5.43 Å². The number of hydrazone groups is 1. The molecule has 0 fully saturated rings. The van der Waals surface area contributed by atoms with Gasteiger partial charge >= 0.3 is 0 Å². The summed E-state index contributed by atoms with van der Waals surface area (Å²) in [5, 5.41) is 3.84. The minimum Gasteiger partial charge on any atom is -0.300 e. The van der Waals surface area contributed by atoms with Crippen LogP contribution in [-0.2, 0) is 4.79 Å². The number of carbonyl (C=O) groups is 2. The van der Waals surface area contributed by atoms with E-state index in [-0.39, 0.29) is 18.1 Å². The Balaban J connectivity index is 2.56. The number of hydrogen-bond acceptors (Lipinski definition) is 3. The number of benzene rings is 1. The number of nitrogens with zero attached hydrogens (tertiary/aromatic N) is 1. The maximum Gasteiger partial charge on any atom is 0.271 e. The Morgan fingerprint density at radius 1 is 1.19 bits per heavy atom. The molecule has 0 unspecified atom stereocenters. The van der Waals surface area contributed by atoms with Crippen molar-refractivity contribution in [2.75, 3.05) is 0 Å². The molecule has 0 radical (unpaired) electrons. The molecule has 4 heteroatoms. The van der Waals surface area contributed by atoms with Crippen molar-refractivity contribution in [3.63, 3.8) is 0 Å². The van der Waals surface area contributed by atoms with E-state index < -0.39 is 0 Å². The number of Topliss-reactive ketones (excluding diaryl/α,β-unsaturated/α-hetero) is 1. The SMILES string of the molecule is CC(=O)CC(C)=NNC(=O)c1ccccc1. The predicted octanol–water partition coefficient (Wildman–Crippen LogP) is 1.77. The first kappa shape index (κ1) is 12.1. The fourth-order valence-electron chi connectivity index (χ4n) is 1.20. The molecule has 0 bridgehead atoms. The van der Waals surface area contributed by atoms with Crippen LogP contribution >= 0.6 is 0 Å². The predicted molar refractivity (Wildman–Crippen MR) is 62.3 cm³/mol. The first-order chi connectivity index (χ1) is 7.59. The van der Waals surface area contributed by atoms with Crippen molar-refractivity contribution in [1.82, 2.24) is 5.43 Å². The molecule has 0 aliphatic carbocycles. The molecule has 4 nitrogen and oxygen atoms in total. The molecule has 0 spiro atoms. The summed E-state index contributed by atoms with van der Waals surface area (Å²) in [6.07, 6.45) is 0.259. The van der Waals surface area contributed by atoms with Gasteiger partial charge in [-0.15, -0.1) is 0 Å². The first-order valence-corrected chi connectivity index (χ1v) is 4.97. The van der Waals surface area contributed by atoms with Crippen LogP contribution in [0, 0.1) is 0 Å². The van der Waals surface area contributed by atoms with Gasteiger partial charge in [0, 0.05) is 17.7 Å². The van der Waals surface area contributed by atoms with E-state index >= 15 is 0 Å². The number of rotatable bonds is 4. The molecular formula is C12H14N2O2. The summed E-state index contributed by atoms with van der Waals surface area (Å²) >= 11 is 0. The summed E-state index contributed by atoms with van der Waals surface area (Å²) in [6, 6.07) is 8.79. The van der Waals surface area contributed by atoms with Crippen molar-refractivity contribution in [2.24, 2.45) is 5.10 Å². The lowest BCUT2D eigenvalue weighted by Crippen LogP contribution is -2.19. The third-order valence-corrected chi connectivity index (χ3v) is 1.89. The third-order valence-electron chi connectivity index (χ3n) is 1.89. The highest BCUT2D eigenvalue weighted by Crippen LogP contribution is 1.97. The average molecular weight is 218 g/mol. The van der Waals surface area contributed by atoms with Gasteiger partial charge in [-0.3, -0.25) is 9.59 Å². The summed E-state index contributed by atoms with van der Waals surface area (Å²) in [4.78, 5) is 22.3. The van der Waals surface area contributed by atoms with Crippen LogP contribution in [0.25, 0.3) is 0 Å². The second-order valence-electron chi connectivity index (χ2n) is 3.53. The van der Waals surface area contributed by atoms with E-state index in [2.05, 4.69) is 10.5 Å². The molecule has 0 saturated carbocycles. The highest BCUT2D eigenvalue weighted by atomic mass is 16.2. The maximum atomic E-state index is 11.5. The topological polar surface area (TPSA) is 58.5 Å². The van der Waals surface area contributed by atoms with E-state index in [1.807, 2.05) is 6.07 Å². The highest BCUT2D eigenvalue weighted by Gasteiger charge is 2.03. The fraction of sp³-hybridized carbons (Fsp3) is 0.250. The zero-order valence-electron chi connectivity index (χ0n) is 9.36. The molecule has 0 aromatic heterocycles. The maximum absolute atomic E-state index is 11.5. The molecule has 16 heavy (non-hydrogen) atoms. The number of amides is 1. The molecule has 1 amide bonds. The Kier molecular flexibility index (Phi) is 4.39. The molecule has 0 atom stereocenters. The van der Waals surface area contributed by atoms with Gasteiger partial charge in [0.1, 0.15) is 5.78 Å². The van der Waals surface area contributed by atoms with Gasteiger partial charge in [-0.05, 0) is 26.0 Å². The third kappa shape index (κ3) is 4.04. The van der Waals surface area contributed by atoms with Gasteiger partial charge in [-0.1, -0.05) is 18.2 Å². The lowest BCUT2D eigenvalue weighted by Gasteiger charge is -2.00. The van der Waals surface area contributed by atoms with E-state index in [0.29, 0.717) is 11.3 Å². The van der Waals surface area contributed by atoms with Gasteiger partial charge in [0.25, 0.3) is 5.91 Å². The van der Waals surface area contributed by atoms with E-state index in [9.17, 15) is 9.59 Å². The Hall–Kier alpha value is -1.97. The average Bonchev–Trinajstić information content (AvgIpc) is 2.26. The zero-order valence-corrected chi connectivity index (χ0v) is 9.36. The van der Waals surface area contributed by atoms with Gasteiger partial charge in [0.2, 0.25) is 0 Å². The number of nitrogens with one attached hydrogen (secondary N) is 1. The molecule has 0 heterocycles. The van der Waals surface area contributed by atoms with Crippen molar-refractivity contribution in [3.05, 3.63) is 35.9 Å². The molecule has 84 valence electrons. The van der Waals surface area contributed by atoms with Gasteiger partial charge < -0.3 is 0 Å². The monoisotopic (exact) mass is 218 g/mol. The van der Waals surface area contributed by atoms with Crippen molar-refractivity contribution < 1.29 is 9.59 Å². The summed E-state index contributed by atoms with van der Waals surface area (Å²) in [5.74, 6) is -0.251. The largest absolute Gasteiger partial charge is 0.300 e. The standard InChI is InChI=1S/C12H14N2O2/c1-9(8-10(2)15)13-14-12(16)11-6-4-3-5-7-11/h3-7H,8H2,1-2H3,(H,14,16). The minimum absolute atomic E-state index is 0.0233. The molecule has 1 aromatic rings. The lowest BCUT2D eigenvalue weighted by atomic mass is 10.2. The number of hydrogen-bond donors (Lipinski definition) is 1. The van der Waals surface area contributed by atoms with Gasteiger partial charge in [0.15, 0.2) is 0 Å². The Bertz CT molecular complexity index is 410. The molecule has 1 aromatic carbocycles. The first-order valence-electron chi connectivity index (χ1n) is 4.97. The minimum atomic E-state index is -0.275. The van der Waals surface area contributed by atoms with Crippen molar-refractivity contribution >= 4 is 17.4 Å². The Labute approximate surface area is 94.4 Å². The van der Waals surface area contributed by atoms with Gasteiger partial charge in [-0.2, -0.15) is 5.10 Å². The highest BCUT2D eigenvalue weighted by molar-refractivity contribution is 6.01. The molecular weight excluding hydrogens is 204 g/mol. The summed E-state index contributed by atoms with van der Waals surface area (Å²) in [5.41, 5.74) is 3.54. The second kappa shape index (κ2) is 5.80. The van der Waals surface area contributed by atoms with Crippen LogP contribution in [0.2, 0.25) is 0 Å². The molecule has 0 aliphatic heterocycles. The fourth-order valence-corrected chi connectivity index (χ4v) is 1.20.